The van der Waals surface area contributed by atoms with E-state index < -0.39 is 12.0 Å². The number of aliphatic carboxylic acids is 1. The number of carboxylic acid groups (broad SMARTS) is 1. The van der Waals surface area contributed by atoms with Gasteiger partial charge < -0.3 is 10.0 Å². The summed E-state index contributed by atoms with van der Waals surface area (Å²) in [6.07, 6.45) is 1.36. The maximum absolute atomic E-state index is 12.0. The van der Waals surface area contributed by atoms with Gasteiger partial charge in [-0.2, -0.15) is 0 Å². The third-order valence-electron chi connectivity index (χ3n) is 2.31. The van der Waals surface area contributed by atoms with Crippen LogP contribution in [-0.4, -0.2) is 48.6 Å². The first-order valence-electron chi connectivity index (χ1n) is 4.55. The Morgan fingerprint density at radius 2 is 2.38 bits per heavy atom. The second-order valence-electron chi connectivity index (χ2n) is 3.28. The number of nitrogens with zero attached hydrogens (tertiary/aromatic N) is 3. The number of aromatic nitrogens is 2. The summed E-state index contributed by atoms with van der Waals surface area (Å²) < 4.78 is 3.60. The molecule has 2 rings (SSSR count). The molecule has 0 radical (unpaired) electrons. The molecule has 0 bridgehead atoms. The minimum Gasteiger partial charge on any atom is -0.480 e. The molecule has 1 fully saturated rings. The molecule has 0 saturated carbocycles. The molecule has 0 aromatic carbocycles. The monoisotopic (exact) mass is 259 g/mol. The lowest BCUT2D eigenvalue weighted by Crippen LogP contribution is -2.44. The Hall–Kier alpha value is -1.15. The Bertz CT molecular complexity index is 409. The van der Waals surface area contributed by atoms with E-state index in [0.717, 1.165) is 11.5 Å². The molecule has 8 heteroatoms. The largest absolute Gasteiger partial charge is 0.480 e. The van der Waals surface area contributed by atoms with Crippen LogP contribution in [0.1, 0.15) is 16.6 Å². The van der Waals surface area contributed by atoms with E-state index in [2.05, 4.69) is 9.59 Å². The van der Waals surface area contributed by atoms with Gasteiger partial charge >= 0.3 is 5.97 Å². The second-order valence-corrected chi connectivity index (χ2v) is 5.42. The fourth-order valence-electron chi connectivity index (χ4n) is 1.53. The van der Waals surface area contributed by atoms with Gasteiger partial charge in [0.25, 0.3) is 5.91 Å². The minimum absolute atomic E-state index is 0.129. The molecule has 86 valence electrons. The number of thioether (sulfide) groups is 1. The molecule has 1 aromatic rings. The molecule has 0 aliphatic carbocycles. The average molecular weight is 259 g/mol. The predicted molar refractivity (Wildman–Crippen MR) is 59.4 cm³/mol. The van der Waals surface area contributed by atoms with Crippen molar-refractivity contribution in [1.82, 2.24) is 14.5 Å². The van der Waals surface area contributed by atoms with Crippen LogP contribution in [0.4, 0.5) is 0 Å². The fraction of sp³-hybridized carbons (Fsp3) is 0.500. The molecule has 6 nitrogen and oxygen atoms in total. The quantitative estimate of drug-likeness (QED) is 0.834. The molecule has 1 saturated heterocycles. The Kier molecular flexibility index (Phi) is 3.10. The Labute approximate surface area is 99.8 Å². The Morgan fingerprint density at radius 3 is 2.94 bits per heavy atom. The van der Waals surface area contributed by atoms with Crippen LogP contribution in [0.25, 0.3) is 0 Å². The number of hydrogen-bond donors (Lipinski definition) is 1. The molecular weight excluding hydrogens is 250 g/mol. The van der Waals surface area contributed by atoms with Crippen molar-refractivity contribution in [3.8, 4) is 0 Å². The summed E-state index contributed by atoms with van der Waals surface area (Å²) in [7, 11) is 0. The maximum atomic E-state index is 12.0. The van der Waals surface area contributed by atoms with E-state index in [-0.39, 0.29) is 11.3 Å². The average Bonchev–Trinajstić information content (AvgIpc) is 2.84. The highest BCUT2D eigenvalue weighted by Crippen LogP contribution is 2.30. The zero-order chi connectivity index (χ0) is 11.7. The third kappa shape index (κ3) is 1.90. The van der Waals surface area contributed by atoms with Crippen molar-refractivity contribution < 1.29 is 14.7 Å². The van der Waals surface area contributed by atoms with Crippen LogP contribution in [0.15, 0.2) is 6.20 Å². The standard InChI is InChI=1S/C8H9N3O3S2/c1-4-11(5(3-15-4)8(13)14)7(12)6-2-9-10-16-6/h2,4-5H,3H2,1H3,(H,13,14). The normalized spacial score (nSPS) is 24.7. The van der Waals surface area contributed by atoms with Gasteiger partial charge in [-0.05, 0) is 18.5 Å². The van der Waals surface area contributed by atoms with Gasteiger partial charge in [-0.15, -0.1) is 16.9 Å². The van der Waals surface area contributed by atoms with Gasteiger partial charge in [0.15, 0.2) is 0 Å². The summed E-state index contributed by atoms with van der Waals surface area (Å²) in [5, 5.41) is 12.5. The van der Waals surface area contributed by atoms with E-state index in [0.29, 0.717) is 10.6 Å². The molecule has 1 aliphatic rings. The summed E-state index contributed by atoms with van der Waals surface area (Å²) in [4.78, 5) is 24.8. The van der Waals surface area contributed by atoms with Crippen molar-refractivity contribution in [2.45, 2.75) is 18.3 Å². The number of carboxylic acids is 1. The topological polar surface area (TPSA) is 83.4 Å². The Morgan fingerprint density at radius 1 is 1.62 bits per heavy atom. The summed E-state index contributed by atoms with van der Waals surface area (Å²) in [6.45, 7) is 1.82. The van der Waals surface area contributed by atoms with Crippen LogP contribution in [0.2, 0.25) is 0 Å². The highest BCUT2D eigenvalue weighted by molar-refractivity contribution is 8.00. The molecule has 1 N–H and O–H groups in total. The van der Waals surface area contributed by atoms with Crippen molar-refractivity contribution in [1.29, 1.82) is 0 Å². The van der Waals surface area contributed by atoms with Crippen LogP contribution in [0.5, 0.6) is 0 Å². The summed E-state index contributed by atoms with van der Waals surface area (Å²) in [5.74, 6) is -0.850. The van der Waals surface area contributed by atoms with Crippen molar-refractivity contribution in [3.05, 3.63) is 11.1 Å². The van der Waals surface area contributed by atoms with Gasteiger partial charge in [-0.25, -0.2) is 4.79 Å². The highest BCUT2D eigenvalue weighted by atomic mass is 32.2. The summed E-state index contributed by atoms with van der Waals surface area (Å²) in [5.41, 5.74) is 0. The van der Waals surface area contributed by atoms with E-state index >= 15 is 0 Å². The maximum Gasteiger partial charge on any atom is 0.327 e. The van der Waals surface area contributed by atoms with Crippen LogP contribution < -0.4 is 0 Å². The lowest BCUT2D eigenvalue weighted by atomic mass is 10.2. The molecule has 16 heavy (non-hydrogen) atoms. The lowest BCUT2D eigenvalue weighted by Gasteiger charge is -2.23. The third-order valence-corrected chi connectivity index (χ3v) is 4.18. The van der Waals surface area contributed by atoms with E-state index in [1.54, 1.807) is 0 Å². The van der Waals surface area contributed by atoms with Gasteiger partial charge in [-0.1, -0.05) is 4.49 Å². The van der Waals surface area contributed by atoms with Gasteiger partial charge in [0.05, 0.1) is 11.6 Å². The lowest BCUT2D eigenvalue weighted by molar-refractivity contribution is -0.141. The molecule has 1 aliphatic heterocycles. The smallest absolute Gasteiger partial charge is 0.327 e. The zero-order valence-electron chi connectivity index (χ0n) is 8.36. The molecule has 2 heterocycles. The second kappa shape index (κ2) is 4.38. The van der Waals surface area contributed by atoms with Gasteiger partial charge in [0, 0.05) is 5.75 Å². The molecule has 2 unspecified atom stereocenters. The first kappa shape index (κ1) is 11.3. The van der Waals surface area contributed by atoms with E-state index in [4.69, 9.17) is 5.11 Å². The minimum atomic E-state index is -0.970. The first-order valence-corrected chi connectivity index (χ1v) is 6.38. The number of carbonyl (C=O) groups is 2. The van der Waals surface area contributed by atoms with Crippen LogP contribution >= 0.6 is 23.3 Å². The molecule has 0 spiro atoms. The number of amides is 1. The zero-order valence-corrected chi connectivity index (χ0v) is 9.99. The summed E-state index contributed by atoms with van der Waals surface area (Å²) >= 11 is 2.43. The SMILES string of the molecule is CC1SCC(C(=O)O)N1C(=O)c1cnns1. The summed E-state index contributed by atoms with van der Waals surface area (Å²) in [6, 6.07) is -0.755. The van der Waals surface area contributed by atoms with Crippen molar-refractivity contribution in [2.75, 3.05) is 5.75 Å². The van der Waals surface area contributed by atoms with Crippen molar-refractivity contribution in [2.24, 2.45) is 0 Å². The fourth-order valence-corrected chi connectivity index (χ4v) is 3.16. The first-order chi connectivity index (χ1) is 7.61. The van der Waals surface area contributed by atoms with Crippen LogP contribution in [0.3, 0.4) is 0 Å². The Balaban J connectivity index is 2.24. The predicted octanol–water partition coefficient (Wildman–Crippen LogP) is 0.526. The number of carbonyl (C=O) groups excluding carboxylic acids is 1. The highest BCUT2D eigenvalue weighted by Gasteiger charge is 2.40. The van der Waals surface area contributed by atoms with Crippen molar-refractivity contribution in [3.63, 3.8) is 0 Å². The van der Waals surface area contributed by atoms with E-state index in [1.807, 2.05) is 6.92 Å². The van der Waals surface area contributed by atoms with Crippen LogP contribution in [-0.2, 0) is 4.79 Å². The van der Waals surface area contributed by atoms with E-state index in [1.165, 1.54) is 22.9 Å². The van der Waals surface area contributed by atoms with Gasteiger partial charge in [0.1, 0.15) is 10.9 Å². The molecule has 2 atom stereocenters. The van der Waals surface area contributed by atoms with Gasteiger partial charge in [-0.3, -0.25) is 4.79 Å². The molecule has 1 amide bonds. The number of hydrogen-bond acceptors (Lipinski definition) is 6. The number of rotatable bonds is 2. The molecule has 1 aromatic heterocycles. The van der Waals surface area contributed by atoms with Crippen molar-refractivity contribution >= 4 is 35.2 Å². The molecular formula is C8H9N3O3S2. The van der Waals surface area contributed by atoms with Crippen LogP contribution in [0, 0.1) is 0 Å². The van der Waals surface area contributed by atoms with Gasteiger partial charge in [0.2, 0.25) is 0 Å². The van der Waals surface area contributed by atoms with E-state index in [9.17, 15) is 9.59 Å².